The van der Waals surface area contributed by atoms with E-state index in [2.05, 4.69) is 9.71 Å². The number of fused-ring (bicyclic) bond motifs is 1. The van der Waals surface area contributed by atoms with E-state index in [-0.39, 0.29) is 35.1 Å². The van der Waals surface area contributed by atoms with E-state index < -0.39 is 16.1 Å². The molecule has 1 saturated carbocycles. The number of halogens is 1. The largest absolute Gasteiger partial charge is 0.361 e. The van der Waals surface area contributed by atoms with Crippen LogP contribution in [0, 0.1) is 5.92 Å². The highest BCUT2D eigenvalue weighted by Crippen LogP contribution is 2.32. The molecule has 2 aliphatic rings. The molecule has 190 valence electrons. The molecule has 0 spiro atoms. The number of nitrogens with zero attached hydrogens (tertiary/aromatic N) is 2. The van der Waals surface area contributed by atoms with Gasteiger partial charge in [0, 0.05) is 53.7 Å². The van der Waals surface area contributed by atoms with E-state index in [1.54, 1.807) is 4.90 Å². The summed E-state index contributed by atoms with van der Waals surface area (Å²) in [5, 5.41) is 1.36. The van der Waals surface area contributed by atoms with Crippen molar-refractivity contribution in [3.63, 3.8) is 0 Å². The van der Waals surface area contributed by atoms with E-state index >= 15 is 0 Å². The van der Waals surface area contributed by atoms with Crippen LogP contribution in [0.5, 0.6) is 0 Å². The molecule has 36 heavy (non-hydrogen) atoms. The van der Waals surface area contributed by atoms with Gasteiger partial charge in [-0.3, -0.25) is 9.59 Å². The standard InChI is InChI=1S/C26H29ClN4O4S/c1-17-16-30(12-13-31(17)25(32)18-6-7-18)26(33)24(14-19-15-28-23-5-3-2-4-22(19)23)29-36(34,35)21-10-8-20(27)9-11-21/h2-5,8-11,15,17-18,24,28-29H,6-7,12-14,16H2,1H3. The van der Waals surface area contributed by atoms with Gasteiger partial charge >= 0.3 is 0 Å². The topological polar surface area (TPSA) is 103 Å². The molecule has 2 atom stereocenters. The zero-order chi connectivity index (χ0) is 25.4. The molecular formula is C26H29ClN4O4S. The smallest absolute Gasteiger partial charge is 0.241 e. The predicted octanol–water partition coefficient (Wildman–Crippen LogP) is 3.18. The van der Waals surface area contributed by atoms with Gasteiger partial charge in [0.15, 0.2) is 0 Å². The number of aromatic amines is 1. The molecule has 1 aliphatic carbocycles. The molecule has 1 saturated heterocycles. The van der Waals surface area contributed by atoms with Crippen molar-refractivity contribution in [2.24, 2.45) is 5.92 Å². The Kier molecular flexibility index (Phi) is 6.80. The Labute approximate surface area is 215 Å². The van der Waals surface area contributed by atoms with Crippen LogP contribution in [0.3, 0.4) is 0 Å². The molecule has 5 rings (SSSR count). The van der Waals surface area contributed by atoms with Gasteiger partial charge in [0.05, 0.1) is 4.90 Å². The fraction of sp³-hybridized carbons (Fsp3) is 0.385. The van der Waals surface area contributed by atoms with Crippen LogP contribution in [0.2, 0.25) is 5.02 Å². The minimum atomic E-state index is -3.99. The average molecular weight is 529 g/mol. The Balaban J connectivity index is 1.39. The number of amides is 2. The first-order chi connectivity index (χ1) is 17.2. The number of aromatic nitrogens is 1. The molecule has 8 nitrogen and oxygen atoms in total. The van der Waals surface area contributed by atoms with Gasteiger partial charge in [-0.2, -0.15) is 4.72 Å². The highest BCUT2D eigenvalue weighted by molar-refractivity contribution is 7.89. The minimum Gasteiger partial charge on any atom is -0.361 e. The van der Waals surface area contributed by atoms with E-state index in [4.69, 9.17) is 11.6 Å². The van der Waals surface area contributed by atoms with Crippen LogP contribution >= 0.6 is 11.6 Å². The quantitative estimate of drug-likeness (QED) is 0.491. The SMILES string of the molecule is CC1CN(C(=O)C(Cc2c[nH]c3ccccc23)NS(=O)(=O)c2ccc(Cl)cc2)CCN1C(=O)C1CC1. The number of hydrogen-bond acceptors (Lipinski definition) is 4. The molecule has 0 radical (unpaired) electrons. The highest BCUT2D eigenvalue weighted by atomic mass is 35.5. The maximum Gasteiger partial charge on any atom is 0.241 e. The lowest BCUT2D eigenvalue weighted by atomic mass is 10.0. The average Bonchev–Trinajstić information content (AvgIpc) is 3.64. The third-order valence-corrected chi connectivity index (χ3v) is 8.71. The molecule has 2 unspecified atom stereocenters. The number of H-pyrrole nitrogens is 1. The molecule has 0 bridgehead atoms. The van der Waals surface area contributed by atoms with Crippen LogP contribution < -0.4 is 4.72 Å². The van der Waals surface area contributed by atoms with Crippen molar-refractivity contribution in [3.8, 4) is 0 Å². The molecule has 2 amide bonds. The first kappa shape index (κ1) is 24.8. The summed E-state index contributed by atoms with van der Waals surface area (Å²) in [6.07, 6.45) is 3.87. The molecule has 2 N–H and O–H groups in total. The summed E-state index contributed by atoms with van der Waals surface area (Å²) in [6, 6.07) is 12.4. The number of hydrogen-bond donors (Lipinski definition) is 2. The van der Waals surface area contributed by atoms with Crippen LogP contribution in [-0.4, -0.2) is 66.7 Å². The van der Waals surface area contributed by atoms with E-state index in [1.807, 2.05) is 42.3 Å². The fourth-order valence-electron chi connectivity index (χ4n) is 4.84. The van der Waals surface area contributed by atoms with Gasteiger partial charge in [-0.25, -0.2) is 8.42 Å². The Bertz CT molecular complexity index is 1380. The first-order valence-corrected chi connectivity index (χ1v) is 14.0. The van der Waals surface area contributed by atoms with Crippen molar-refractivity contribution < 1.29 is 18.0 Å². The van der Waals surface area contributed by atoms with Gasteiger partial charge in [-0.05, 0) is 62.1 Å². The number of piperazine rings is 1. The molecule has 2 aromatic carbocycles. The lowest BCUT2D eigenvalue weighted by Gasteiger charge is -2.41. The molecule has 10 heteroatoms. The predicted molar refractivity (Wildman–Crippen MR) is 138 cm³/mol. The number of rotatable bonds is 7. The third kappa shape index (κ3) is 5.14. The van der Waals surface area contributed by atoms with Crippen LogP contribution in [0.25, 0.3) is 10.9 Å². The highest BCUT2D eigenvalue weighted by Gasteiger charge is 2.39. The molecule has 1 aromatic heterocycles. The zero-order valence-electron chi connectivity index (χ0n) is 20.0. The summed E-state index contributed by atoms with van der Waals surface area (Å²) in [4.78, 5) is 33.1. The number of carbonyl (C=O) groups is 2. The van der Waals surface area contributed by atoms with E-state index in [0.29, 0.717) is 24.7 Å². The molecular weight excluding hydrogens is 500 g/mol. The molecule has 1 aliphatic heterocycles. The maximum absolute atomic E-state index is 13.8. The lowest BCUT2D eigenvalue weighted by molar-refractivity contribution is -0.144. The zero-order valence-corrected chi connectivity index (χ0v) is 21.6. The molecule has 2 fully saturated rings. The number of nitrogens with one attached hydrogen (secondary N) is 2. The van der Waals surface area contributed by atoms with E-state index in [1.165, 1.54) is 24.3 Å². The second-order valence-electron chi connectivity index (χ2n) is 9.63. The minimum absolute atomic E-state index is 0.0387. The summed E-state index contributed by atoms with van der Waals surface area (Å²) in [7, 11) is -3.99. The Morgan fingerprint density at radius 2 is 1.83 bits per heavy atom. The van der Waals surface area contributed by atoms with Crippen molar-refractivity contribution >= 4 is 44.3 Å². The van der Waals surface area contributed by atoms with E-state index in [9.17, 15) is 18.0 Å². The maximum atomic E-state index is 13.8. The number of benzene rings is 2. The summed E-state index contributed by atoms with van der Waals surface area (Å²) in [6.45, 7) is 3.12. The third-order valence-electron chi connectivity index (χ3n) is 6.97. The second-order valence-corrected chi connectivity index (χ2v) is 11.8. The number of carbonyl (C=O) groups excluding carboxylic acids is 2. The monoisotopic (exact) mass is 528 g/mol. The van der Waals surface area contributed by atoms with Gasteiger partial charge in [0.25, 0.3) is 0 Å². The molecule has 2 heterocycles. The normalized spacial score (nSPS) is 19.4. The van der Waals surface area contributed by atoms with Crippen LogP contribution in [0.15, 0.2) is 59.6 Å². The van der Waals surface area contributed by atoms with Crippen molar-refractivity contribution in [1.29, 1.82) is 0 Å². The van der Waals surface area contributed by atoms with Crippen LogP contribution in [0.4, 0.5) is 0 Å². The number of para-hydroxylation sites is 1. The van der Waals surface area contributed by atoms with Gasteiger partial charge in [-0.15, -0.1) is 0 Å². The molecule has 3 aromatic rings. The van der Waals surface area contributed by atoms with Crippen molar-refractivity contribution in [2.45, 2.75) is 43.2 Å². The van der Waals surface area contributed by atoms with Crippen LogP contribution in [0.1, 0.15) is 25.3 Å². The van der Waals surface area contributed by atoms with Gasteiger partial charge < -0.3 is 14.8 Å². The Hall–Kier alpha value is -2.88. The summed E-state index contributed by atoms with van der Waals surface area (Å²) < 4.78 is 29.1. The first-order valence-electron chi connectivity index (χ1n) is 12.1. The van der Waals surface area contributed by atoms with Gasteiger partial charge in [-0.1, -0.05) is 29.8 Å². The van der Waals surface area contributed by atoms with Crippen molar-refractivity contribution in [1.82, 2.24) is 19.5 Å². The number of sulfonamides is 1. The van der Waals surface area contributed by atoms with Crippen LogP contribution in [-0.2, 0) is 26.0 Å². The summed E-state index contributed by atoms with van der Waals surface area (Å²) in [5.41, 5.74) is 1.76. The second kappa shape index (κ2) is 9.88. The Morgan fingerprint density at radius 1 is 1.11 bits per heavy atom. The Morgan fingerprint density at radius 3 is 2.53 bits per heavy atom. The summed E-state index contributed by atoms with van der Waals surface area (Å²) >= 11 is 5.93. The lowest BCUT2D eigenvalue weighted by Crippen LogP contribution is -2.59. The van der Waals surface area contributed by atoms with Crippen molar-refractivity contribution in [2.75, 3.05) is 19.6 Å². The summed E-state index contributed by atoms with van der Waals surface area (Å²) in [5.74, 6) is -0.0212. The van der Waals surface area contributed by atoms with Crippen molar-refractivity contribution in [3.05, 3.63) is 65.3 Å². The van der Waals surface area contributed by atoms with Gasteiger partial charge in [0.1, 0.15) is 6.04 Å². The fourth-order valence-corrected chi connectivity index (χ4v) is 6.15. The van der Waals surface area contributed by atoms with Gasteiger partial charge in [0.2, 0.25) is 21.8 Å². The van der Waals surface area contributed by atoms with E-state index in [0.717, 1.165) is 29.3 Å².